The fraction of sp³-hybridized carbons (Fsp3) is 0.185. The molecule has 0 fully saturated rings. The molecule has 3 aromatic rings. The molecule has 9 heteroatoms. The Balaban J connectivity index is 1.35. The molecule has 3 amide bonds. The number of hydrogen-bond acceptors (Lipinski definition) is 6. The Hall–Kier alpha value is -4.11. The van der Waals surface area contributed by atoms with Crippen LogP contribution in [0.3, 0.4) is 0 Å². The van der Waals surface area contributed by atoms with E-state index in [-0.39, 0.29) is 17.2 Å². The number of rotatable bonds is 8. The van der Waals surface area contributed by atoms with Crippen molar-refractivity contribution in [1.29, 1.82) is 0 Å². The third-order valence-electron chi connectivity index (χ3n) is 5.74. The van der Waals surface area contributed by atoms with E-state index in [0.717, 1.165) is 17.7 Å². The van der Waals surface area contributed by atoms with Gasteiger partial charge in [-0.3, -0.25) is 14.4 Å². The van der Waals surface area contributed by atoms with E-state index >= 15 is 0 Å². The van der Waals surface area contributed by atoms with Crippen LogP contribution in [0, 0.1) is 0 Å². The second-order valence-corrected chi connectivity index (χ2v) is 9.20. The monoisotopic (exact) mass is 503 g/mol. The number of anilines is 2. The highest BCUT2D eigenvalue weighted by atomic mass is 32.2. The van der Waals surface area contributed by atoms with Gasteiger partial charge in [0.05, 0.1) is 11.3 Å². The number of fused-ring (bicyclic) bond motifs is 1. The molecular formula is C27H25N3O5S. The Kier molecular flexibility index (Phi) is 7.70. The molecule has 0 saturated carbocycles. The smallest absolute Gasteiger partial charge is 0.340 e. The van der Waals surface area contributed by atoms with Crippen molar-refractivity contribution in [3.63, 3.8) is 0 Å². The lowest BCUT2D eigenvalue weighted by molar-refractivity contribution is -0.123. The van der Waals surface area contributed by atoms with Crippen molar-refractivity contribution in [2.75, 3.05) is 22.5 Å². The number of nitrogens with one attached hydrogen (secondary N) is 1. The van der Waals surface area contributed by atoms with Crippen molar-refractivity contribution in [2.24, 2.45) is 5.73 Å². The maximum Gasteiger partial charge on any atom is 0.340 e. The van der Waals surface area contributed by atoms with Crippen LogP contribution >= 0.6 is 11.8 Å². The molecule has 3 N–H and O–H groups in total. The number of primary amides is 1. The zero-order valence-electron chi connectivity index (χ0n) is 19.6. The number of para-hydroxylation sites is 1. The summed E-state index contributed by atoms with van der Waals surface area (Å²) in [5.74, 6) is -1.63. The number of esters is 1. The minimum absolute atomic E-state index is 0.0387. The number of thioether (sulfide) groups is 1. The molecule has 0 aromatic heterocycles. The van der Waals surface area contributed by atoms with Crippen LogP contribution < -0.4 is 16.0 Å². The van der Waals surface area contributed by atoms with Crippen LogP contribution in [0.1, 0.15) is 33.2 Å². The molecule has 4 rings (SSSR count). The van der Waals surface area contributed by atoms with Crippen LogP contribution in [0.25, 0.3) is 0 Å². The Morgan fingerprint density at radius 1 is 1.00 bits per heavy atom. The summed E-state index contributed by atoms with van der Waals surface area (Å²) in [4.78, 5) is 51.8. The van der Waals surface area contributed by atoms with E-state index in [1.807, 2.05) is 24.3 Å². The molecule has 1 aliphatic heterocycles. The molecule has 0 spiro atoms. The third-order valence-corrected chi connectivity index (χ3v) is 6.79. The summed E-state index contributed by atoms with van der Waals surface area (Å²) < 4.78 is 5.39. The number of nitrogens with two attached hydrogens (primary N) is 1. The molecule has 1 heterocycles. The molecule has 184 valence electrons. The third kappa shape index (κ3) is 5.75. The number of nitrogens with zero attached hydrogens (tertiary/aromatic N) is 1. The minimum atomic E-state index is -1.07. The van der Waals surface area contributed by atoms with E-state index in [2.05, 4.69) is 5.32 Å². The van der Waals surface area contributed by atoms with E-state index in [4.69, 9.17) is 10.5 Å². The highest BCUT2D eigenvalue weighted by Crippen LogP contribution is 2.30. The molecule has 0 saturated heterocycles. The van der Waals surface area contributed by atoms with Crippen LogP contribution in [0.5, 0.6) is 0 Å². The minimum Gasteiger partial charge on any atom is -0.449 e. The average Bonchev–Trinajstić information content (AvgIpc) is 3.32. The maximum absolute atomic E-state index is 12.9. The zero-order chi connectivity index (χ0) is 25.7. The molecule has 1 atom stereocenters. The first kappa shape index (κ1) is 25.0. The Morgan fingerprint density at radius 3 is 2.44 bits per heavy atom. The predicted molar refractivity (Wildman–Crippen MR) is 138 cm³/mol. The summed E-state index contributed by atoms with van der Waals surface area (Å²) in [6, 6.07) is 20.7. The lowest BCUT2D eigenvalue weighted by atomic mass is 10.2. The largest absolute Gasteiger partial charge is 0.449 e. The van der Waals surface area contributed by atoms with E-state index < -0.39 is 23.9 Å². The van der Waals surface area contributed by atoms with Crippen LogP contribution in [-0.2, 0) is 20.7 Å². The summed E-state index contributed by atoms with van der Waals surface area (Å²) in [6.45, 7) is 2.11. The van der Waals surface area contributed by atoms with Crippen molar-refractivity contribution in [3.8, 4) is 0 Å². The molecular weight excluding hydrogens is 478 g/mol. The van der Waals surface area contributed by atoms with E-state index in [1.54, 1.807) is 29.2 Å². The van der Waals surface area contributed by atoms with Gasteiger partial charge in [-0.15, -0.1) is 11.8 Å². The Bertz CT molecular complexity index is 1310. The van der Waals surface area contributed by atoms with Gasteiger partial charge in [-0.05, 0) is 61.4 Å². The van der Waals surface area contributed by atoms with Gasteiger partial charge < -0.3 is 20.7 Å². The summed E-state index contributed by atoms with van der Waals surface area (Å²) in [5, 5.41) is 2.64. The fourth-order valence-electron chi connectivity index (χ4n) is 3.82. The van der Waals surface area contributed by atoms with Gasteiger partial charge in [0.25, 0.3) is 5.91 Å². The molecule has 8 nitrogen and oxygen atoms in total. The molecule has 1 aliphatic rings. The first-order chi connectivity index (χ1) is 17.3. The van der Waals surface area contributed by atoms with Gasteiger partial charge in [-0.2, -0.15) is 0 Å². The van der Waals surface area contributed by atoms with Crippen molar-refractivity contribution in [2.45, 2.75) is 24.3 Å². The summed E-state index contributed by atoms with van der Waals surface area (Å²) in [6.07, 6.45) is -0.251. The Labute approximate surface area is 212 Å². The normalized spacial score (nSPS) is 13.0. The fourth-order valence-corrected chi connectivity index (χ4v) is 4.73. The number of carbonyl (C=O) groups is 4. The first-order valence-corrected chi connectivity index (χ1v) is 12.3. The second-order valence-electron chi connectivity index (χ2n) is 8.19. The zero-order valence-corrected chi connectivity index (χ0v) is 20.4. The van der Waals surface area contributed by atoms with Crippen molar-refractivity contribution >= 4 is 46.8 Å². The van der Waals surface area contributed by atoms with Crippen LogP contribution in [0.15, 0.2) is 77.7 Å². The van der Waals surface area contributed by atoms with Crippen LogP contribution in [-0.4, -0.2) is 42.1 Å². The lowest BCUT2D eigenvalue weighted by Gasteiger charge is -2.18. The van der Waals surface area contributed by atoms with Gasteiger partial charge in [0.1, 0.15) is 0 Å². The number of carbonyl (C=O) groups excluding carboxylic acids is 4. The van der Waals surface area contributed by atoms with Crippen LogP contribution in [0.2, 0.25) is 0 Å². The molecule has 0 bridgehead atoms. The van der Waals surface area contributed by atoms with Gasteiger partial charge in [-0.25, -0.2) is 4.79 Å². The number of hydrogen-bond donors (Lipinski definition) is 2. The quantitative estimate of drug-likeness (QED) is 0.358. The number of amides is 3. The molecule has 3 aromatic carbocycles. The van der Waals surface area contributed by atoms with E-state index in [9.17, 15) is 19.2 Å². The highest BCUT2D eigenvalue weighted by Gasteiger charge is 2.25. The van der Waals surface area contributed by atoms with Crippen molar-refractivity contribution < 1.29 is 23.9 Å². The lowest BCUT2D eigenvalue weighted by Crippen LogP contribution is -2.31. The number of benzene rings is 3. The predicted octanol–water partition coefficient (Wildman–Crippen LogP) is 3.65. The Morgan fingerprint density at radius 2 is 1.69 bits per heavy atom. The van der Waals surface area contributed by atoms with Gasteiger partial charge in [0, 0.05) is 28.4 Å². The van der Waals surface area contributed by atoms with Crippen LogP contribution in [0.4, 0.5) is 11.4 Å². The van der Waals surface area contributed by atoms with Gasteiger partial charge in [0.2, 0.25) is 11.8 Å². The SMILES string of the molecule is C[C@@H](OC(=O)c1ccccc1SCC(=O)N1CCc2ccccc21)C(=O)Nc1ccc(C(N)=O)cc1. The van der Waals surface area contributed by atoms with Gasteiger partial charge >= 0.3 is 5.97 Å². The second kappa shape index (κ2) is 11.1. The van der Waals surface area contributed by atoms with Gasteiger partial charge in [0.15, 0.2) is 6.10 Å². The summed E-state index contributed by atoms with van der Waals surface area (Å²) in [5.41, 5.74) is 8.33. The molecule has 0 unspecified atom stereocenters. The average molecular weight is 504 g/mol. The topological polar surface area (TPSA) is 119 Å². The number of ether oxygens (including phenoxy) is 1. The molecule has 0 radical (unpaired) electrons. The van der Waals surface area contributed by atoms with Crippen molar-refractivity contribution in [3.05, 3.63) is 89.5 Å². The standard InChI is InChI=1S/C27H25N3O5S/c1-17(26(33)29-20-12-10-19(11-13-20)25(28)32)35-27(34)21-7-3-5-9-23(21)36-16-24(31)30-15-14-18-6-2-4-8-22(18)30/h2-13,17H,14-16H2,1H3,(H2,28,32)(H,29,33)/t17-/m1/s1. The summed E-state index contributed by atoms with van der Waals surface area (Å²) >= 11 is 1.26. The van der Waals surface area contributed by atoms with Crippen molar-refractivity contribution in [1.82, 2.24) is 0 Å². The maximum atomic E-state index is 12.9. The van der Waals surface area contributed by atoms with E-state index in [0.29, 0.717) is 22.7 Å². The first-order valence-electron chi connectivity index (χ1n) is 11.4. The summed E-state index contributed by atoms with van der Waals surface area (Å²) in [7, 11) is 0. The van der Waals surface area contributed by atoms with E-state index in [1.165, 1.54) is 43.0 Å². The highest BCUT2D eigenvalue weighted by molar-refractivity contribution is 8.00. The molecule has 36 heavy (non-hydrogen) atoms. The molecule has 0 aliphatic carbocycles. The van der Waals surface area contributed by atoms with Gasteiger partial charge in [-0.1, -0.05) is 30.3 Å².